The Morgan fingerprint density at radius 2 is 1.93 bits per heavy atom. The summed E-state index contributed by atoms with van der Waals surface area (Å²) in [5, 5.41) is 4.02. The van der Waals surface area contributed by atoms with E-state index in [1.165, 1.54) is 26.7 Å². The molecule has 0 fully saturated rings. The van der Waals surface area contributed by atoms with Gasteiger partial charge in [-0.2, -0.15) is 0 Å². The Bertz CT molecular complexity index is 1280. The second-order valence-electron chi connectivity index (χ2n) is 7.42. The summed E-state index contributed by atoms with van der Waals surface area (Å²) >= 11 is 1.49. The number of para-hydroxylation sites is 1. The molecule has 1 atom stereocenters. The predicted octanol–water partition coefficient (Wildman–Crippen LogP) is 2.64. The van der Waals surface area contributed by atoms with Crippen molar-refractivity contribution in [2.24, 2.45) is 0 Å². The Kier molecular flexibility index (Phi) is 4.90. The number of carbonyl (C=O) groups excluding carboxylic acids is 1. The van der Waals surface area contributed by atoms with E-state index in [0.29, 0.717) is 16.1 Å². The number of nitrogens with zero attached hydrogens (tertiary/aromatic N) is 1. The molecule has 1 aliphatic rings. The van der Waals surface area contributed by atoms with Gasteiger partial charge in [-0.1, -0.05) is 59.9 Å². The van der Waals surface area contributed by atoms with Crippen LogP contribution in [0.4, 0.5) is 5.13 Å². The Labute approximate surface area is 176 Å². The van der Waals surface area contributed by atoms with Gasteiger partial charge in [0, 0.05) is 17.4 Å². The summed E-state index contributed by atoms with van der Waals surface area (Å²) in [4.78, 5) is 32.2. The summed E-state index contributed by atoms with van der Waals surface area (Å²) in [6, 6.07) is 19.2. The first-order valence-corrected chi connectivity index (χ1v) is 10.7. The first kappa shape index (κ1) is 18.7. The van der Waals surface area contributed by atoms with E-state index in [2.05, 4.69) is 34.6 Å². The number of fused-ring (bicyclic) bond motifs is 2. The van der Waals surface area contributed by atoms with Gasteiger partial charge >= 0.3 is 5.63 Å². The fourth-order valence-corrected chi connectivity index (χ4v) is 4.88. The van der Waals surface area contributed by atoms with Gasteiger partial charge in [-0.3, -0.25) is 10.1 Å². The summed E-state index contributed by atoms with van der Waals surface area (Å²) in [6.07, 6.45) is 0.877. The molecule has 1 aliphatic heterocycles. The third-order valence-electron chi connectivity index (χ3n) is 5.31. The van der Waals surface area contributed by atoms with Crippen molar-refractivity contribution in [1.29, 1.82) is 0 Å². The van der Waals surface area contributed by atoms with Gasteiger partial charge in [0.05, 0.1) is 17.1 Å². The first-order valence-electron chi connectivity index (χ1n) is 9.86. The van der Waals surface area contributed by atoms with Crippen LogP contribution in [-0.4, -0.2) is 17.4 Å². The highest BCUT2D eigenvalue weighted by Gasteiger charge is 2.25. The maximum Gasteiger partial charge on any atom is 0.349 e. The third-order valence-corrected chi connectivity index (χ3v) is 6.32. The molecule has 2 aromatic heterocycles. The Balaban J connectivity index is 1.32. The summed E-state index contributed by atoms with van der Waals surface area (Å²) in [6.45, 7) is 2.86. The zero-order valence-electron chi connectivity index (χ0n) is 16.2. The molecule has 3 heterocycles. The van der Waals surface area contributed by atoms with E-state index in [1.807, 2.05) is 12.1 Å². The van der Waals surface area contributed by atoms with Crippen LogP contribution in [0.3, 0.4) is 0 Å². The van der Waals surface area contributed by atoms with Crippen molar-refractivity contribution in [3.63, 3.8) is 0 Å². The smallest absolute Gasteiger partial charge is 0.349 e. The SMILES string of the molecule is O=C(Nc1nc2c(s1)C[NH+](Cc1ccccc1)CC2)c1cc2ccccc2oc1=O. The molecule has 0 radical (unpaired) electrons. The fraction of sp³-hybridized carbons (Fsp3) is 0.174. The molecule has 0 bridgehead atoms. The van der Waals surface area contributed by atoms with E-state index in [4.69, 9.17) is 4.42 Å². The molecule has 6 nitrogen and oxygen atoms in total. The van der Waals surface area contributed by atoms with Crippen LogP contribution in [0.25, 0.3) is 11.0 Å². The highest BCUT2D eigenvalue weighted by Crippen LogP contribution is 2.25. The number of hydrogen-bond acceptors (Lipinski definition) is 5. The van der Waals surface area contributed by atoms with Gasteiger partial charge in [0.1, 0.15) is 24.2 Å². The van der Waals surface area contributed by atoms with Crippen LogP contribution in [0.15, 0.2) is 69.9 Å². The Hall–Kier alpha value is -3.29. The topological polar surface area (TPSA) is 76.6 Å². The van der Waals surface area contributed by atoms with Crippen LogP contribution in [0.1, 0.15) is 26.5 Å². The van der Waals surface area contributed by atoms with Gasteiger partial charge in [0.2, 0.25) is 0 Å². The van der Waals surface area contributed by atoms with E-state index in [-0.39, 0.29) is 5.56 Å². The Morgan fingerprint density at radius 3 is 2.80 bits per heavy atom. The second kappa shape index (κ2) is 7.85. The molecule has 1 unspecified atom stereocenters. The molecule has 0 spiro atoms. The zero-order valence-corrected chi connectivity index (χ0v) is 17.0. The molecule has 5 rings (SSSR count). The number of hydrogen-bond donors (Lipinski definition) is 2. The molecule has 4 aromatic rings. The van der Waals surface area contributed by atoms with Crippen molar-refractivity contribution in [1.82, 2.24) is 4.98 Å². The van der Waals surface area contributed by atoms with Crippen LogP contribution < -0.4 is 15.8 Å². The summed E-state index contributed by atoms with van der Waals surface area (Å²) in [5.41, 5.74) is 2.16. The van der Waals surface area contributed by atoms with Crippen molar-refractivity contribution < 1.29 is 14.1 Å². The molecule has 150 valence electrons. The monoisotopic (exact) mass is 418 g/mol. The van der Waals surface area contributed by atoms with E-state index < -0.39 is 11.5 Å². The molecule has 2 aromatic carbocycles. The number of rotatable bonds is 4. The van der Waals surface area contributed by atoms with Gasteiger partial charge in [0.15, 0.2) is 5.13 Å². The molecule has 1 amide bonds. The third kappa shape index (κ3) is 3.77. The quantitative estimate of drug-likeness (QED) is 0.500. The largest absolute Gasteiger partial charge is 0.422 e. The fourth-order valence-electron chi connectivity index (χ4n) is 3.80. The summed E-state index contributed by atoms with van der Waals surface area (Å²) < 4.78 is 5.27. The van der Waals surface area contributed by atoms with Gasteiger partial charge in [-0.05, 0) is 12.1 Å². The molecule has 0 saturated heterocycles. The van der Waals surface area contributed by atoms with Gasteiger partial charge in [0.25, 0.3) is 5.91 Å². The predicted molar refractivity (Wildman–Crippen MR) is 116 cm³/mol. The molecule has 0 aliphatic carbocycles. The standard InChI is InChI=1S/C23H19N3O3S/c27-21(17-12-16-8-4-5-9-19(16)29-22(17)28)25-23-24-18-10-11-26(14-20(18)30-23)13-15-6-2-1-3-7-15/h1-9,12H,10-11,13-14H2,(H,24,25,27)/p+1. The lowest BCUT2D eigenvalue weighted by Crippen LogP contribution is -3.10. The zero-order chi connectivity index (χ0) is 20.5. The van der Waals surface area contributed by atoms with Crippen LogP contribution in [-0.2, 0) is 19.5 Å². The van der Waals surface area contributed by atoms with Gasteiger partial charge in [-0.25, -0.2) is 9.78 Å². The maximum absolute atomic E-state index is 12.7. The minimum Gasteiger partial charge on any atom is -0.422 e. The highest BCUT2D eigenvalue weighted by atomic mass is 32.1. The first-order chi connectivity index (χ1) is 14.7. The number of thiazole rings is 1. The van der Waals surface area contributed by atoms with Crippen molar-refractivity contribution in [3.05, 3.63) is 92.8 Å². The van der Waals surface area contributed by atoms with E-state index in [1.54, 1.807) is 24.3 Å². The van der Waals surface area contributed by atoms with E-state index in [0.717, 1.165) is 31.7 Å². The number of quaternary nitrogens is 1. The number of carbonyl (C=O) groups is 1. The van der Waals surface area contributed by atoms with Gasteiger partial charge in [-0.15, -0.1) is 0 Å². The van der Waals surface area contributed by atoms with Crippen LogP contribution in [0.5, 0.6) is 0 Å². The molecule has 7 heteroatoms. The number of nitrogens with one attached hydrogen (secondary N) is 2. The van der Waals surface area contributed by atoms with E-state index >= 15 is 0 Å². The lowest BCUT2D eigenvalue weighted by Gasteiger charge is -2.22. The normalized spacial score (nSPS) is 15.7. The Morgan fingerprint density at radius 1 is 1.13 bits per heavy atom. The molecule has 30 heavy (non-hydrogen) atoms. The second-order valence-corrected chi connectivity index (χ2v) is 8.50. The minimum atomic E-state index is -0.647. The lowest BCUT2D eigenvalue weighted by atomic mass is 10.1. The lowest BCUT2D eigenvalue weighted by molar-refractivity contribution is -0.929. The maximum atomic E-state index is 12.7. The highest BCUT2D eigenvalue weighted by molar-refractivity contribution is 7.15. The van der Waals surface area contributed by atoms with Crippen LogP contribution in [0.2, 0.25) is 0 Å². The molecule has 0 saturated carbocycles. The average Bonchev–Trinajstić information content (AvgIpc) is 3.15. The number of amides is 1. The van der Waals surface area contributed by atoms with Crippen molar-refractivity contribution >= 4 is 33.3 Å². The van der Waals surface area contributed by atoms with Gasteiger partial charge < -0.3 is 9.32 Å². The molecular weight excluding hydrogens is 398 g/mol. The van der Waals surface area contributed by atoms with E-state index in [9.17, 15) is 9.59 Å². The molecule has 2 N–H and O–H groups in total. The summed E-state index contributed by atoms with van der Waals surface area (Å²) in [7, 11) is 0. The van der Waals surface area contributed by atoms with Crippen molar-refractivity contribution in [3.8, 4) is 0 Å². The van der Waals surface area contributed by atoms with Crippen LogP contribution in [0, 0.1) is 0 Å². The number of benzene rings is 2. The number of anilines is 1. The van der Waals surface area contributed by atoms with Crippen molar-refractivity contribution in [2.45, 2.75) is 19.5 Å². The summed E-state index contributed by atoms with van der Waals surface area (Å²) in [5.74, 6) is -0.492. The van der Waals surface area contributed by atoms with Crippen LogP contribution >= 0.6 is 11.3 Å². The number of aromatic nitrogens is 1. The van der Waals surface area contributed by atoms with Crippen molar-refractivity contribution in [2.75, 3.05) is 11.9 Å². The molecular formula is C23H20N3O3S+. The minimum absolute atomic E-state index is 0.0156. The average molecular weight is 418 g/mol.